The van der Waals surface area contributed by atoms with Crippen LogP contribution in [0.3, 0.4) is 0 Å². The Hall–Kier alpha value is -1.40. The molecule has 1 fully saturated rings. The van der Waals surface area contributed by atoms with E-state index in [0.29, 0.717) is 6.54 Å². The van der Waals surface area contributed by atoms with Gasteiger partial charge in [0, 0.05) is 25.8 Å². The van der Waals surface area contributed by atoms with Crippen molar-refractivity contribution in [3.05, 3.63) is 29.3 Å². The Bertz CT molecular complexity index is 650. The Balaban J connectivity index is 2.16. The van der Waals surface area contributed by atoms with Crippen LogP contribution >= 0.6 is 0 Å². The highest BCUT2D eigenvalue weighted by Gasteiger charge is 2.32. The molecule has 2 rings (SSSR count). The summed E-state index contributed by atoms with van der Waals surface area (Å²) in [6.45, 7) is 4.80. The van der Waals surface area contributed by atoms with Gasteiger partial charge in [0.15, 0.2) is 0 Å². The molecule has 0 spiro atoms. The van der Waals surface area contributed by atoms with Crippen LogP contribution in [0.4, 0.5) is 5.69 Å². The summed E-state index contributed by atoms with van der Waals surface area (Å²) in [6, 6.07) is 6.01. The lowest BCUT2D eigenvalue weighted by atomic mass is 9.98. The lowest BCUT2D eigenvalue weighted by Gasteiger charge is -2.32. The smallest absolute Gasteiger partial charge is 0.231 e. The number of sulfonamides is 1. The molecule has 0 aliphatic carbocycles. The van der Waals surface area contributed by atoms with Gasteiger partial charge in [0.25, 0.3) is 0 Å². The lowest BCUT2D eigenvalue weighted by molar-refractivity contribution is -0.123. The third-order valence-electron chi connectivity index (χ3n) is 4.13. The Labute approximate surface area is 133 Å². The van der Waals surface area contributed by atoms with Crippen molar-refractivity contribution < 1.29 is 13.2 Å². The molecule has 1 aliphatic rings. The minimum atomic E-state index is -3.23. The molecular weight excluding hydrogens is 300 g/mol. The predicted molar refractivity (Wildman–Crippen MR) is 88.5 cm³/mol. The lowest BCUT2D eigenvalue weighted by Crippen LogP contribution is -2.45. The molecule has 0 saturated carbocycles. The number of benzene rings is 1. The van der Waals surface area contributed by atoms with E-state index in [1.54, 1.807) is 11.9 Å². The number of amides is 1. The SMILES string of the molecule is Cc1cc(C)cc(N(C)C(=O)[C@H]2CCCN(S(C)(=O)=O)C2)c1. The van der Waals surface area contributed by atoms with Gasteiger partial charge in [-0.05, 0) is 49.9 Å². The van der Waals surface area contributed by atoms with Crippen LogP contribution in [0.15, 0.2) is 18.2 Å². The molecule has 1 saturated heterocycles. The van der Waals surface area contributed by atoms with E-state index in [-0.39, 0.29) is 18.4 Å². The first kappa shape index (κ1) is 17.0. The van der Waals surface area contributed by atoms with E-state index in [4.69, 9.17) is 0 Å². The van der Waals surface area contributed by atoms with Crippen LogP contribution in [0, 0.1) is 19.8 Å². The molecule has 1 amide bonds. The highest BCUT2D eigenvalue weighted by molar-refractivity contribution is 7.88. The maximum atomic E-state index is 12.7. The summed E-state index contributed by atoms with van der Waals surface area (Å²) in [6.07, 6.45) is 2.66. The van der Waals surface area contributed by atoms with Crippen LogP contribution < -0.4 is 4.90 Å². The maximum absolute atomic E-state index is 12.7. The zero-order valence-electron chi connectivity index (χ0n) is 13.7. The van der Waals surface area contributed by atoms with Gasteiger partial charge in [-0.3, -0.25) is 4.79 Å². The largest absolute Gasteiger partial charge is 0.315 e. The fraction of sp³-hybridized carbons (Fsp3) is 0.562. The second kappa shape index (κ2) is 6.38. The third-order valence-corrected chi connectivity index (χ3v) is 5.40. The zero-order valence-corrected chi connectivity index (χ0v) is 14.5. The van der Waals surface area contributed by atoms with E-state index in [1.165, 1.54) is 10.6 Å². The molecule has 0 aromatic heterocycles. The van der Waals surface area contributed by atoms with Crippen molar-refractivity contribution in [3.8, 4) is 0 Å². The van der Waals surface area contributed by atoms with Crippen molar-refractivity contribution in [1.82, 2.24) is 4.31 Å². The molecule has 0 N–H and O–H groups in total. The Morgan fingerprint density at radius 1 is 1.23 bits per heavy atom. The summed E-state index contributed by atoms with van der Waals surface area (Å²) in [4.78, 5) is 14.3. The van der Waals surface area contributed by atoms with Gasteiger partial charge >= 0.3 is 0 Å². The van der Waals surface area contributed by atoms with Crippen molar-refractivity contribution in [1.29, 1.82) is 0 Å². The third kappa shape index (κ3) is 3.87. The standard InChI is InChI=1S/C16H24N2O3S/c1-12-8-13(2)10-15(9-12)17(3)16(19)14-6-5-7-18(11-14)22(4,20)21/h8-10,14H,5-7,11H2,1-4H3/t14-/m0/s1. The molecule has 1 aromatic carbocycles. The number of nitrogens with zero attached hydrogens (tertiary/aromatic N) is 2. The molecule has 1 aliphatic heterocycles. The van der Waals surface area contributed by atoms with Gasteiger partial charge in [-0.15, -0.1) is 0 Å². The molecule has 1 aromatic rings. The summed E-state index contributed by atoms with van der Waals surface area (Å²) < 4.78 is 24.8. The van der Waals surface area contributed by atoms with E-state index in [9.17, 15) is 13.2 Å². The second-order valence-corrected chi connectivity index (χ2v) is 8.19. The number of carbonyl (C=O) groups excluding carboxylic acids is 1. The Morgan fingerprint density at radius 2 is 1.82 bits per heavy atom. The molecule has 122 valence electrons. The summed E-state index contributed by atoms with van der Waals surface area (Å²) in [5.41, 5.74) is 3.08. The Morgan fingerprint density at radius 3 is 2.36 bits per heavy atom. The number of anilines is 1. The molecule has 6 heteroatoms. The molecule has 1 heterocycles. The number of aryl methyl sites for hydroxylation is 2. The molecule has 1 atom stereocenters. The molecule has 0 bridgehead atoms. The first-order valence-corrected chi connectivity index (χ1v) is 9.34. The van der Waals surface area contributed by atoms with Crippen molar-refractivity contribution in [3.63, 3.8) is 0 Å². The van der Waals surface area contributed by atoms with Gasteiger partial charge < -0.3 is 4.90 Å². The van der Waals surface area contributed by atoms with E-state index in [2.05, 4.69) is 6.07 Å². The normalized spacial score (nSPS) is 19.9. The van der Waals surface area contributed by atoms with Crippen molar-refractivity contribution >= 4 is 21.6 Å². The molecule has 0 radical (unpaired) electrons. The minimum absolute atomic E-state index is 0.0154. The van der Waals surface area contributed by atoms with Crippen LogP contribution in [0.25, 0.3) is 0 Å². The van der Waals surface area contributed by atoms with Crippen LogP contribution in [0.5, 0.6) is 0 Å². The second-order valence-electron chi connectivity index (χ2n) is 6.20. The molecular formula is C16H24N2O3S. The predicted octanol–water partition coefficient (Wildman–Crippen LogP) is 1.94. The first-order chi connectivity index (χ1) is 10.2. The van der Waals surface area contributed by atoms with Crippen molar-refractivity contribution in [2.75, 3.05) is 31.3 Å². The quantitative estimate of drug-likeness (QED) is 0.854. The van der Waals surface area contributed by atoms with Crippen molar-refractivity contribution in [2.24, 2.45) is 5.92 Å². The maximum Gasteiger partial charge on any atom is 0.231 e. The van der Waals surface area contributed by atoms with E-state index in [1.807, 2.05) is 26.0 Å². The zero-order chi connectivity index (χ0) is 16.5. The summed E-state index contributed by atoms with van der Waals surface area (Å²) >= 11 is 0. The summed E-state index contributed by atoms with van der Waals surface area (Å²) in [5.74, 6) is -0.285. The van der Waals surface area contributed by atoms with Gasteiger partial charge in [-0.2, -0.15) is 0 Å². The molecule has 5 nitrogen and oxygen atoms in total. The van der Waals surface area contributed by atoms with E-state index in [0.717, 1.165) is 29.7 Å². The number of rotatable bonds is 3. The minimum Gasteiger partial charge on any atom is -0.315 e. The van der Waals surface area contributed by atoms with E-state index >= 15 is 0 Å². The fourth-order valence-corrected chi connectivity index (χ4v) is 3.90. The van der Waals surface area contributed by atoms with Crippen molar-refractivity contribution in [2.45, 2.75) is 26.7 Å². The summed E-state index contributed by atoms with van der Waals surface area (Å²) in [7, 11) is -1.47. The van der Waals surface area contributed by atoms with Crippen LogP contribution in [0.1, 0.15) is 24.0 Å². The van der Waals surface area contributed by atoms with Gasteiger partial charge in [-0.25, -0.2) is 12.7 Å². The Kier molecular flexibility index (Phi) is 4.92. The van der Waals surface area contributed by atoms with Gasteiger partial charge in [0.05, 0.1) is 12.2 Å². The highest BCUT2D eigenvalue weighted by Crippen LogP contribution is 2.24. The highest BCUT2D eigenvalue weighted by atomic mass is 32.2. The topological polar surface area (TPSA) is 57.7 Å². The first-order valence-electron chi connectivity index (χ1n) is 7.49. The average Bonchev–Trinajstić information content (AvgIpc) is 2.44. The average molecular weight is 324 g/mol. The van der Waals surface area contributed by atoms with Gasteiger partial charge in [-0.1, -0.05) is 6.07 Å². The molecule has 22 heavy (non-hydrogen) atoms. The van der Waals surface area contributed by atoms with Gasteiger partial charge in [0.1, 0.15) is 0 Å². The monoisotopic (exact) mass is 324 g/mol. The van der Waals surface area contributed by atoms with Gasteiger partial charge in [0.2, 0.25) is 15.9 Å². The number of piperidine rings is 1. The van der Waals surface area contributed by atoms with E-state index < -0.39 is 10.0 Å². The number of hydrogen-bond acceptors (Lipinski definition) is 3. The fourth-order valence-electron chi connectivity index (χ4n) is 2.99. The summed E-state index contributed by atoms with van der Waals surface area (Å²) in [5, 5.41) is 0. The number of carbonyl (C=O) groups is 1. The van der Waals surface area contributed by atoms with Crippen LogP contribution in [-0.4, -0.2) is 45.0 Å². The molecule has 0 unspecified atom stereocenters. The van der Waals surface area contributed by atoms with Crippen LogP contribution in [0.2, 0.25) is 0 Å². The van der Waals surface area contributed by atoms with Crippen LogP contribution in [-0.2, 0) is 14.8 Å². The number of hydrogen-bond donors (Lipinski definition) is 0.